The molecule has 2 heteroatoms. The first-order chi connectivity index (χ1) is 2.56. The van der Waals surface area contributed by atoms with Crippen LogP contribution in [0.4, 0.5) is 0 Å². The second-order valence-corrected chi connectivity index (χ2v) is 3.16. The van der Waals surface area contributed by atoms with Crippen molar-refractivity contribution < 1.29 is 40.0 Å². The van der Waals surface area contributed by atoms with Crippen molar-refractivity contribution in [2.75, 3.05) is 0 Å². The second kappa shape index (κ2) is 2.60. The fraction of sp³-hybridized carbons (Fsp3) is 1.00. The van der Waals surface area contributed by atoms with Crippen LogP contribution in [0.3, 0.4) is 0 Å². The van der Waals surface area contributed by atoms with Crippen molar-refractivity contribution in [2.45, 2.75) is 26.3 Å². The minimum atomic E-state index is 0.353. The summed E-state index contributed by atoms with van der Waals surface area (Å²) in [4.78, 5) is 0. The van der Waals surface area contributed by atoms with Gasteiger partial charge in [-0.3, -0.25) is 0 Å². The number of hydrogen-bond donors (Lipinski definition) is 1. The predicted octanol–water partition coefficient (Wildman–Crippen LogP) is 0.839. The first kappa shape index (κ1) is 7.34. The molecule has 0 saturated carbocycles. The minimum absolute atomic E-state index is 0.353. The molecule has 0 rings (SSSR count). The van der Waals surface area contributed by atoms with Crippen LogP contribution >= 0.6 is 0 Å². The van der Waals surface area contributed by atoms with Crippen molar-refractivity contribution in [3.8, 4) is 0 Å². The van der Waals surface area contributed by atoms with E-state index in [0.717, 1.165) is 40.0 Å². The molecular formula is C4H10CeN. The van der Waals surface area contributed by atoms with Crippen LogP contribution in [-0.4, -0.2) is 5.54 Å². The number of nitrogens with one attached hydrogen (secondary N) is 1. The SMILES string of the molecule is CC(C)(C)[NH][Ce]. The molecule has 0 aromatic rings. The third kappa shape index (κ3) is 5.34. The molecule has 0 radical (unpaired) electrons. The van der Waals surface area contributed by atoms with Gasteiger partial charge in [0.1, 0.15) is 0 Å². The Morgan fingerprint density at radius 3 is 1.50 bits per heavy atom. The molecule has 0 atom stereocenters. The van der Waals surface area contributed by atoms with Gasteiger partial charge in [0.15, 0.2) is 0 Å². The van der Waals surface area contributed by atoms with Gasteiger partial charge in [0.2, 0.25) is 0 Å². The summed E-state index contributed by atoms with van der Waals surface area (Å²) >= 11 is 1.10. The summed E-state index contributed by atoms with van der Waals surface area (Å²) in [6.45, 7) is 6.50. The Bertz CT molecular complexity index is 37.3. The molecule has 0 spiro atoms. The van der Waals surface area contributed by atoms with E-state index in [1.54, 1.807) is 0 Å². The van der Waals surface area contributed by atoms with E-state index in [-0.39, 0.29) is 0 Å². The Morgan fingerprint density at radius 1 is 1.33 bits per heavy atom. The number of rotatable bonds is 0. The maximum absolute atomic E-state index is 3.24. The summed E-state index contributed by atoms with van der Waals surface area (Å²) in [5.74, 6) is 0. The molecule has 6 heavy (non-hydrogen) atoms. The molecule has 0 bridgehead atoms. The van der Waals surface area contributed by atoms with E-state index in [4.69, 9.17) is 0 Å². The molecule has 35 valence electrons. The van der Waals surface area contributed by atoms with Crippen LogP contribution < -0.4 is 1.28 Å². The van der Waals surface area contributed by atoms with Crippen molar-refractivity contribution >= 4 is 0 Å². The Kier molecular flexibility index (Phi) is 3.18. The summed E-state index contributed by atoms with van der Waals surface area (Å²) in [6.07, 6.45) is 0. The predicted molar refractivity (Wildman–Crippen MR) is 22.9 cm³/mol. The average Bonchev–Trinajstić information content (AvgIpc) is 1.35. The molecule has 0 saturated heterocycles. The Balaban J connectivity index is 3.17. The van der Waals surface area contributed by atoms with Gasteiger partial charge in [-0.1, -0.05) is 0 Å². The first-order valence-electron chi connectivity index (χ1n) is 2.00. The van der Waals surface area contributed by atoms with Gasteiger partial charge < -0.3 is 0 Å². The van der Waals surface area contributed by atoms with Crippen molar-refractivity contribution in [2.24, 2.45) is 0 Å². The van der Waals surface area contributed by atoms with Crippen molar-refractivity contribution in [3.05, 3.63) is 0 Å². The van der Waals surface area contributed by atoms with Gasteiger partial charge in [0.05, 0.1) is 0 Å². The fourth-order valence-electron chi connectivity index (χ4n) is 0. The number of hydrogen-bond acceptors (Lipinski definition) is 1. The van der Waals surface area contributed by atoms with E-state index in [2.05, 4.69) is 22.1 Å². The first-order valence-corrected chi connectivity index (χ1v) is 3.57. The zero-order valence-corrected chi connectivity index (χ0v) is 7.64. The van der Waals surface area contributed by atoms with Gasteiger partial charge in [0.25, 0.3) is 0 Å². The molecule has 0 amide bonds. The van der Waals surface area contributed by atoms with E-state index >= 15 is 0 Å². The van der Waals surface area contributed by atoms with Crippen LogP contribution in [0, 0.1) is 40.0 Å². The van der Waals surface area contributed by atoms with Crippen LogP contribution in [-0.2, 0) is 0 Å². The molecule has 0 unspecified atom stereocenters. The molecular weight excluding hydrogens is 202 g/mol. The molecule has 1 N–H and O–H groups in total. The standard InChI is InChI=1S/C4H10N.Ce/c1-4(2,3)5;/h5H,1-3H3;/q-1;+1. The molecule has 0 aliphatic carbocycles. The van der Waals surface area contributed by atoms with Gasteiger partial charge in [-0.15, -0.1) is 0 Å². The summed E-state index contributed by atoms with van der Waals surface area (Å²) in [6, 6.07) is 0. The molecule has 0 aromatic heterocycles. The van der Waals surface area contributed by atoms with Crippen LogP contribution in [0.15, 0.2) is 0 Å². The van der Waals surface area contributed by atoms with Crippen molar-refractivity contribution in [1.29, 1.82) is 0 Å². The zero-order valence-electron chi connectivity index (χ0n) is 4.50. The molecule has 0 aliphatic heterocycles. The summed E-state index contributed by atoms with van der Waals surface area (Å²) < 4.78 is 3.24. The molecule has 1 nitrogen and oxygen atoms in total. The summed E-state index contributed by atoms with van der Waals surface area (Å²) in [5, 5.41) is 0. The van der Waals surface area contributed by atoms with E-state index < -0.39 is 0 Å². The van der Waals surface area contributed by atoms with Gasteiger partial charge in [-0.05, 0) is 0 Å². The van der Waals surface area contributed by atoms with Crippen molar-refractivity contribution in [3.63, 3.8) is 0 Å². The van der Waals surface area contributed by atoms with Crippen LogP contribution in [0.5, 0.6) is 0 Å². The van der Waals surface area contributed by atoms with Crippen molar-refractivity contribution in [1.82, 2.24) is 1.28 Å². The van der Waals surface area contributed by atoms with E-state index in [1.807, 2.05) is 0 Å². The van der Waals surface area contributed by atoms with E-state index in [9.17, 15) is 0 Å². The molecule has 0 heterocycles. The Hall–Kier alpha value is 1.34. The third-order valence-electron chi connectivity index (χ3n) is 0.375. The maximum atomic E-state index is 3.24. The molecule has 0 fully saturated rings. The van der Waals surface area contributed by atoms with Gasteiger partial charge in [0, 0.05) is 0 Å². The summed E-state index contributed by atoms with van der Waals surface area (Å²) in [7, 11) is 0. The van der Waals surface area contributed by atoms with E-state index in [1.165, 1.54) is 0 Å². The van der Waals surface area contributed by atoms with Gasteiger partial charge in [-0.25, -0.2) is 0 Å². The quantitative estimate of drug-likeness (QED) is 0.627. The second-order valence-electron chi connectivity index (χ2n) is 2.38. The zero-order chi connectivity index (χ0) is 5.21. The van der Waals surface area contributed by atoms with E-state index in [0.29, 0.717) is 5.54 Å². The van der Waals surface area contributed by atoms with Gasteiger partial charge >= 0.3 is 67.6 Å². The Labute approximate surface area is 66.9 Å². The van der Waals surface area contributed by atoms with Crippen LogP contribution in [0.25, 0.3) is 0 Å². The normalized spacial score (nSPS) is 11.7. The molecule has 0 aliphatic rings. The van der Waals surface area contributed by atoms with Crippen LogP contribution in [0.1, 0.15) is 20.8 Å². The average molecular weight is 212 g/mol. The molecule has 0 aromatic carbocycles. The van der Waals surface area contributed by atoms with Crippen LogP contribution in [0.2, 0.25) is 0 Å². The fourth-order valence-corrected chi connectivity index (χ4v) is 0. The summed E-state index contributed by atoms with van der Waals surface area (Å²) in [5.41, 5.74) is 0.353. The topological polar surface area (TPSA) is 12.0 Å². The third-order valence-corrected chi connectivity index (χ3v) is 2.73. The van der Waals surface area contributed by atoms with Gasteiger partial charge in [-0.2, -0.15) is 0 Å². The monoisotopic (exact) mass is 212 g/mol. The Morgan fingerprint density at radius 2 is 1.50 bits per heavy atom.